The molecule has 1 aliphatic heterocycles. The molecule has 0 amide bonds. The number of carbonyl (C=O) groups excluding carboxylic acids is 1. The molecule has 5 atom stereocenters. The Hall–Kier alpha value is -0.570. The first kappa shape index (κ1) is 13.5. The van der Waals surface area contributed by atoms with E-state index >= 15 is 0 Å². The molecule has 7 heteroatoms. The van der Waals surface area contributed by atoms with E-state index < -0.39 is 37.3 Å². The molecule has 0 radical (unpaired) electrons. The number of hydrogen-bond acceptors (Lipinski definition) is 7. The summed E-state index contributed by atoms with van der Waals surface area (Å²) >= 11 is 0. The average molecular weight is 235 g/mol. The van der Waals surface area contributed by atoms with Crippen LogP contribution in [-0.2, 0) is 14.3 Å². The van der Waals surface area contributed by atoms with Gasteiger partial charge in [-0.3, -0.25) is 0 Å². The van der Waals surface area contributed by atoms with Crippen molar-refractivity contribution >= 4 is 6.29 Å². The molecule has 1 rings (SSSR count). The van der Waals surface area contributed by atoms with Crippen LogP contribution in [0.4, 0.5) is 0 Å². The average Bonchev–Trinajstić information content (AvgIpc) is 2.30. The maximum absolute atomic E-state index is 10.5. The first-order valence-electron chi connectivity index (χ1n) is 5.05. The van der Waals surface area contributed by atoms with Crippen LogP contribution < -0.4 is 5.73 Å². The maximum atomic E-state index is 10.5. The molecule has 0 saturated carbocycles. The molecule has 1 heterocycles. The topological polar surface area (TPSA) is 122 Å². The number of aldehydes is 1. The summed E-state index contributed by atoms with van der Waals surface area (Å²) in [7, 11) is 0. The largest absolute Gasteiger partial charge is 0.394 e. The fourth-order valence-electron chi connectivity index (χ4n) is 1.49. The van der Waals surface area contributed by atoms with Gasteiger partial charge in [-0.05, 0) is 0 Å². The molecular weight excluding hydrogens is 218 g/mol. The second-order valence-electron chi connectivity index (χ2n) is 3.63. The molecule has 0 aromatic heterocycles. The second kappa shape index (κ2) is 6.24. The molecular formula is C9H17NO6. The SMILES string of the molecule is NCC(C=O)OC1CC(O)C(O)C(CO)O1. The smallest absolute Gasteiger partial charge is 0.161 e. The van der Waals surface area contributed by atoms with E-state index in [4.69, 9.17) is 20.3 Å². The van der Waals surface area contributed by atoms with E-state index in [1.807, 2.05) is 0 Å². The van der Waals surface area contributed by atoms with Crippen LogP contribution in [0.3, 0.4) is 0 Å². The van der Waals surface area contributed by atoms with E-state index in [9.17, 15) is 15.0 Å². The Morgan fingerprint density at radius 2 is 2.25 bits per heavy atom. The molecule has 7 nitrogen and oxygen atoms in total. The minimum Gasteiger partial charge on any atom is -0.394 e. The van der Waals surface area contributed by atoms with Crippen LogP contribution in [0, 0.1) is 0 Å². The maximum Gasteiger partial charge on any atom is 0.161 e. The van der Waals surface area contributed by atoms with E-state index in [-0.39, 0.29) is 13.0 Å². The number of carbonyl (C=O) groups is 1. The summed E-state index contributed by atoms with van der Waals surface area (Å²) in [6.07, 6.45) is -4.23. The van der Waals surface area contributed by atoms with E-state index in [0.717, 1.165) is 0 Å². The molecule has 1 fully saturated rings. The summed E-state index contributed by atoms with van der Waals surface area (Å²) in [6, 6.07) is 0. The van der Waals surface area contributed by atoms with Gasteiger partial charge in [0.1, 0.15) is 24.6 Å². The number of aliphatic hydroxyl groups is 3. The number of aliphatic hydroxyl groups excluding tert-OH is 3. The van der Waals surface area contributed by atoms with Gasteiger partial charge in [0, 0.05) is 13.0 Å². The Kier molecular flexibility index (Phi) is 5.26. The fraction of sp³-hybridized carbons (Fsp3) is 0.889. The highest BCUT2D eigenvalue weighted by atomic mass is 16.7. The molecule has 1 saturated heterocycles. The van der Waals surface area contributed by atoms with Crippen LogP contribution in [0.15, 0.2) is 0 Å². The minimum atomic E-state index is -1.16. The number of rotatable bonds is 5. The molecule has 0 aromatic rings. The van der Waals surface area contributed by atoms with Crippen molar-refractivity contribution in [2.24, 2.45) is 5.73 Å². The second-order valence-corrected chi connectivity index (χ2v) is 3.63. The summed E-state index contributed by atoms with van der Waals surface area (Å²) in [5.74, 6) is 0. The van der Waals surface area contributed by atoms with Gasteiger partial charge in [0.05, 0.1) is 12.7 Å². The Morgan fingerprint density at radius 3 is 2.75 bits per heavy atom. The van der Waals surface area contributed by atoms with Gasteiger partial charge in [-0.15, -0.1) is 0 Å². The van der Waals surface area contributed by atoms with Gasteiger partial charge < -0.3 is 35.3 Å². The summed E-state index contributed by atoms with van der Waals surface area (Å²) < 4.78 is 10.3. The van der Waals surface area contributed by atoms with Gasteiger partial charge in [0.25, 0.3) is 0 Å². The quantitative estimate of drug-likeness (QED) is 0.384. The Bertz CT molecular complexity index is 226. The first-order valence-corrected chi connectivity index (χ1v) is 5.05. The van der Waals surface area contributed by atoms with Crippen molar-refractivity contribution in [3.63, 3.8) is 0 Å². The number of nitrogens with two attached hydrogens (primary N) is 1. The minimum absolute atomic E-state index is 0.00575. The van der Waals surface area contributed by atoms with Crippen molar-refractivity contribution in [3.05, 3.63) is 0 Å². The highest BCUT2D eigenvalue weighted by Crippen LogP contribution is 2.21. The van der Waals surface area contributed by atoms with Crippen molar-refractivity contribution in [2.45, 2.75) is 37.1 Å². The van der Waals surface area contributed by atoms with Gasteiger partial charge >= 0.3 is 0 Å². The first-order chi connectivity index (χ1) is 7.62. The van der Waals surface area contributed by atoms with E-state index in [0.29, 0.717) is 6.29 Å². The predicted molar refractivity (Wildman–Crippen MR) is 52.4 cm³/mol. The fourth-order valence-corrected chi connectivity index (χ4v) is 1.49. The van der Waals surface area contributed by atoms with Gasteiger partial charge in [-0.25, -0.2) is 0 Å². The van der Waals surface area contributed by atoms with E-state index in [2.05, 4.69) is 0 Å². The molecule has 5 N–H and O–H groups in total. The number of hydrogen-bond donors (Lipinski definition) is 4. The zero-order chi connectivity index (χ0) is 12.1. The molecule has 0 aromatic carbocycles. The van der Waals surface area contributed by atoms with Gasteiger partial charge in [-0.1, -0.05) is 0 Å². The van der Waals surface area contributed by atoms with Crippen molar-refractivity contribution in [3.8, 4) is 0 Å². The number of ether oxygens (including phenoxy) is 2. The molecule has 5 unspecified atom stereocenters. The lowest BCUT2D eigenvalue weighted by Gasteiger charge is -2.36. The van der Waals surface area contributed by atoms with Crippen LogP contribution in [0.5, 0.6) is 0 Å². The summed E-state index contributed by atoms with van der Waals surface area (Å²) in [4.78, 5) is 10.5. The normalized spacial score (nSPS) is 37.0. The zero-order valence-corrected chi connectivity index (χ0v) is 8.73. The highest BCUT2D eigenvalue weighted by molar-refractivity contribution is 5.56. The zero-order valence-electron chi connectivity index (χ0n) is 8.73. The van der Waals surface area contributed by atoms with Crippen molar-refractivity contribution < 1.29 is 29.6 Å². The van der Waals surface area contributed by atoms with Crippen LogP contribution in [0.25, 0.3) is 0 Å². The Labute approximate surface area is 92.8 Å². The van der Waals surface area contributed by atoms with Crippen LogP contribution >= 0.6 is 0 Å². The third-order valence-electron chi connectivity index (χ3n) is 2.43. The highest BCUT2D eigenvalue weighted by Gasteiger charge is 2.37. The van der Waals surface area contributed by atoms with Crippen molar-refractivity contribution in [1.82, 2.24) is 0 Å². The Balaban J connectivity index is 2.52. The van der Waals surface area contributed by atoms with E-state index in [1.54, 1.807) is 0 Å². The molecule has 94 valence electrons. The third kappa shape index (κ3) is 3.21. The van der Waals surface area contributed by atoms with Crippen LogP contribution in [-0.4, -0.2) is 65.5 Å². The summed E-state index contributed by atoms with van der Waals surface area (Å²) in [5, 5.41) is 27.8. The van der Waals surface area contributed by atoms with Crippen molar-refractivity contribution in [2.75, 3.05) is 13.2 Å². The van der Waals surface area contributed by atoms with E-state index in [1.165, 1.54) is 0 Å². The molecule has 0 aliphatic carbocycles. The van der Waals surface area contributed by atoms with Gasteiger partial charge in [0.15, 0.2) is 6.29 Å². The lowest BCUT2D eigenvalue weighted by atomic mass is 10.0. The van der Waals surface area contributed by atoms with Crippen molar-refractivity contribution in [1.29, 1.82) is 0 Å². The van der Waals surface area contributed by atoms with Crippen LogP contribution in [0.2, 0.25) is 0 Å². The monoisotopic (exact) mass is 235 g/mol. The lowest BCUT2D eigenvalue weighted by molar-refractivity contribution is -0.264. The standard InChI is InChI=1S/C9H17NO6/c10-2-5(3-11)15-8-1-6(13)9(14)7(4-12)16-8/h3,5-9,12-14H,1-2,4,10H2. The predicted octanol–water partition coefficient (Wildman–Crippen LogP) is -2.64. The van der Waals surface area contributed by atoms with Gasteiger partial charge in [0.2, 0.25) is 0 Å². The lowest BCUT2D eigenvalue weighted by Crippen LogP contribution is -2.51. The van der Waals surface area contributed by atoms with Crippen LogP contribution in [0.1, 0.15) is 6.42 Å². The summed E-state index contributed by atoms with van der Waals surface area (Å²) in [6.45, 7) is -0.432. The summed E-state index contributed by atoms with van der Waals surface area (Å²) in [5.41, 5.74) is 5.26. The molecule has 16 heavy (non-hydrogen) atoms. The molecule has 1 aliphatic rings. The molecule has 0 bridgehead atoms. The Morgan fingerprint density at radius 1 is 1.56 bits per heavy atom. The molecule has 0 spiro atoms. The third-order valence-corrected chi connectivity index (χ3v) is 2.43. The van der Waals surface area contributed by atoms with Gasteiger partial charge in [-0.2, -0.15) is 0 Å².